The molecule has 40 heavy (non-hydrogen) atoms. The van der Waals surface area contributed by atoms with E-state index in [1.54, 1.807) is 0 Å². The quantitative estimate of drug-likeness (QED) is 0.201. The van der Waals surface area contributed by atoms with Crippen molar-refractivity contribution in [3.63, 3.8) is 0 Å². The lowest BCUT2D eigenvalue weighted by Gasteiger charge is -2.11. The molecular formula is C24H22N2O12S2. The Labute approximate surface area is 227 Å². The third-order valence-corrected chi connectivity index (χ3v) is 8.72. The Kier molecular flexibility index (Phi) is 6.38. The first kappa shape index (κ1) is 26.9. The van der Waals surface area contributed by atoms with Crippen LogP contribution in [0.1, 0.15) is 22.3 Å². The molecule has 0 saturated carbocycles. The highest BCUT2D eigenvalue weighted by molar-refractivity contribution is 7.87. The number of hydrogen-bond donors (Lipinski definition) is 4. The van der Waals surface area contributed by atoms with Crippen molar-refractivity contribution in [1.29, 1.82) is 0 Å². The van der Waals surface area contributed by atoms with Gasteiger partial charge in [-0.25, -0.2) is 0 Å². The van der Waals surface area contributed by atoms with Crippen molar-refractivity contribution in [2.24, 2.45) is 0 Å². The van der Waals surface area contributed by atoms with Crippen molar-refractivity contribution in [3.05, 3.63) is 70.8 Å². The van der Waals surface area contributed by atoms with Crippen LogP contribution in [0.5, 0.6) is 35.0 Å². The predicted molar refractivity (Wildman–Crippen MR) is 135 cm³/mol. The van der Waals surface area contributed by atoms with Crippen LogP contribution >= 0.6 is 0 Å². The molecule has 0 saturated heterocycles. The standard InChI is InChI=1S/C24H22N2O12S2/c1-35-13-3-7-15(8-4-13)39(31,32)37-25-21(27)17-11-19-20(12-18(17)22(25)28)24(30)26(23(19)29)38-40(33,34)16-9-5-14(36-2)6-10-16/h3-10,27-30H,11-12H2,1-2H3. The van der Waals surface area contributed by atoms with Crippen LogP contribution in [0, 0.1) is 0 Å². The predicted octanol–water partition coefficient (Wildman–Crippen LogP) is 1.26. The topological polar surface area (TPSA) is 196 Å². The molecule has 1 aliphatic rings. The largest absolute Gasteiger partial charge is 0.497 e. The first-order valence-electron chi connectivity index (χ1n) is 11.3. The third-order valence-electron chi connectivity index (χ3n) is 6.33. The minimum atomic E-state index is -4.52. The van der Waals surface area contributed by atoms with E-state index in [9.17, 15) is 37.3 Å². The van der Waals surface area contributed by atoms with Gasteiger partial charge >= 0.3 is 20.2 Å². The van der Waals surface area contributed by atoms with Crippen LogP contribution in [0.3, 0.4) is 0 Å². The summed E-state index contributed by atoms with van der Waals surface area (Å²) in [6, 6.07) is 10.3. The normalized spacial score (nSPS) is 12.8. The van der Waals surface area contributed by atoms with Gasteiger partial charge in [0.25, 0.3) is 0 Å². The van der Waals surface area contributed by atoms with Crippen molar-refractivity contribution in [2.45, 2.75) is 22.6 Å². The lowest BCUT2D eigenvalue weighted by Crippen LogP contribution is -2.20. The van der Waals surface area contributed by atoms with E-state index in [1.807, 2.05) is 0 Å². The van der Waals surface area contributed by atoms with E-state index >= 15 is 0 Å². The Morgan fingerprint density at radius 2 is 0.825 bits per heavy atom. The maximum absolute atomic E-state index is 12.8. The molecule has 0 unspecified atom stereocenters. The van der Waals surface area contributed by atoms with E-state index in [2.05, 4.69) is 0 Å². The van der Waals surface area contributed by atoms with E-state index in [0.29, 0.717) is 21.0 Å². The number of aromatic nitrogens is 2. The summed E-state index contributed by atoms with van der Waals surface area (Å²) >= 11 is 0. The van der Waals surface area contributed by atoms with Crippen LogP contribution in [0.2, 0.25) is 0 Å². The number of fused-ring (bicyclic) bond motifs is 2. The number of aromatic hydroxyl groups is 4. The van der Waals surface area contributed by atoms with Gasteiger partial charge in [-0.05, 0) is 48.5 Å². The van der Waals surface area contributed by atoms with E-state index < -0.39 is 43.8 Å². The second kappa shape index (κ2) is 9.49. The monoisotopic (exact) mass is 594 g/mol. The van der Waals surface area contributed by atoms with Crippen molar-refractivity contribution < 1.29 is 55.3 Å². The number of nitrogens with zero attached hydrogens (tertiary/aromatic N) is 2. The van der Waals surface area contributed by atoms with Crippen LogP contribution < -0.4 is 18.0 Å². The van der Waals surface area contributed by atoms with Crippen molar-refractivity contribution >= 4 is 20.2 Å². The molecule has 1 aliphatic carbocycles. The lowest BCUT2D eigenvalue weighted by molar-refractivity contribution is 0.200. The first-order chi connectivity index (χ1) is 18.9. The zero-order valence-electron chi connectivity index (χ0n) is 20.8. The van der Waals surface area contributed by atoms with Crippen LogP contribution in [-0.2, 0) is 33.1 Å². The molecule has 4 N–H and O–H groups in total. The van der Waals surface area contributed by atoms with Gasteiger partial charge in [0.15, 0.2) is 0 Å². The highest BCUT2D eigenvalue weighted by Crippen LogP contribution is 2.46. The summed E-state index contributed by atoms with van der Waals surface area (Å²) in [5, 5.41) is 42.9. The van der Waals surface area contributed by atoms with Crippen LogP contribution in [-0.4, -0.2) is 60.9 Å². The molecule has 0 amide bonds. The summed E-state index contributed by atoms with van der Waals surface area (Å²) in [5.74, 6) is -2.35. The van der Waals surface area contributed by atoms with Gasteiger partial charge in [-0.15, -0.1) is 0 Å². The summed E-state index contributed by atoms with van der Waals surface area (Å²) in [6.45, 7) is 0. The molecular weight excluding hydrogens is 572 g/mol. The van der Waals surface area contributed by atoms with Crippen LogP contribution in [0.25, 0.3) is 0 Å². The van der Waals surface area contributed by atoms with E-state index in [-0.39, 0.29) is 44.9 Å². The molecule has 0 atom stereocenters. The lowest BCUT2D eigenvalue weighted by atomic mass is 9.90. The molecule has 212 valence electrons. The molecule has 0 fully saturated rings. The Hall–Kier alpha value is -4.70. The van der Waals surface area contributed by atoms with Crippen molar-refractivity contribution in [1.82, 2.24) is 9.46 Å². The number of hydrogen-bond acceptors (Lipinski definition) is 12. The van der Waals surface area contributed by atoms with Gasteiger partial charge in [-0.1, -0.05) is 9.46 Å². The Bertz CT molecular complexity index is 1640. The summed E-state index contributed by atoms with van der Waals surface area (Å²) in [5.41, 5.74) is -0.110. The molecule has 0 radical (unpaired) electrons. The Morgan fingerprint density at radius 1 is 0.550 bits per heavy atom. The molecule has 0 bridgehead atoms. The summed E-state index contributed by atoms with van der Waals surface area (Å²) in [4.78, 5) is -0.579. The molecule has 16 heteroatoms. The second-order valence-corrected chi connectivity index (χ2v) is 11.6. The Balaban J connectivity index is 1.45. The van der Waals surface area contributed by atoms with Gasteiger partial charge < -0.3 is 29.9 Å². The fourth-order valence-electron chi connectivity index (χ4n) is 4.24. The maximum Gasteiger partial charge on any atom is 0.357 e. The van der Waals surface area contributed by atoms with Gasteiger partial charge in [-0.3, -0.25) is 8.57 Å². The molecule has 0 spiro atoms. The first-order valence-corrected chi connectivity index (χ1v) is 14.2. The fraction of sp³-hybridized carbons (Fsp3) is 0.167. The SMILES string of the molecule is COc1ccc(S(=O)(=O)On2c(O)c3c(c2O)Cc2c(c(O)n(OS(=O)(=O)c4ccc(OC)cc4)c2O)C3)cc1. The molecule has 0 aliphatic heterocycles. The minimum Gasteiger partial charge on any atom is -0.497 e. The van der Waals surface area contributed by atoms with E-state index in [1.165, 1.54) is 62.8 Å². The molecule has 2 heterocycles. The van der Waals surface area contributed by atoms with Gasteiger partial charge in [0, 0.05) is 35.1 Å². The smallest absolute Gasteiger partial charge is 0.357 e. The molecule has 14 nitrogen and oxygen atoms in total. The van der Waals surface area contributed by atoms with Crippen molar-refractivity contribution in [3.8, 4) is 35.0 Å². The zero-order chi connectivity index (χ0) is 29.0. The van der Waals surface area contributed by atoms with Gasteiger partial charge in [0.05, 0.1) is 14.2 Å². The minimum absolute atomic E-state index is 0.0274. The number of methoxy groups -OCH3 is 2. The second-order valence-electron chi connectivity index (χ2n) is 8.56. The van der Waals surface area contributed by atoms with Gasteiger partial charge in [0.1, 0.15) is 21.3 Å². The third kappa shape index (κ3) is 4.36. The van der Waals surface area contributed by atoms with Crippen molar-refractivity contribution in [2.75, 3.05) is 14.2 Å². The molecule has 4 aromatic rings. The van der Waals surface area contributed by atoms with Crippen LogP contribution in [0.4, 0.5) is 0 Å². The summed E-state index contributed by atoms with van der Waals surface area (Å²) in [6.07, 6.45) is -0.692. The maximum atomic E-state index is 12.8. The van der Waals surface area contributed by atoms with Gasteiger partial charge in [-0.2, -0.15) is 16.8 Å². The highest BCUT2D eigenvalue weighted by Gasteiger charge is 2.37. The zero-order valence-corrected chi connectivity index (χ0v) is 22.4. The molecule has 2 aromatic heterocycles. The molecule has 5 rings (SSSR count). The number of ether oxygens (including phenoxy) is 2. The number of benzene rings is 2. The Morgan fingerprint density at radius 3 is 1.07 bits per heavy atom. The summed E-state index contributed by atoms with van der Waals surface area (Å²) < 4.78 is 71.6. The van der Waals surface area contributed by atoms with E-state index in [4.69, 9.17) is 18.0 Å². The average molecular weight is 595 g/mol. The average Bonchev–Trinajstić information content (AvgIpc) is 3.31. The highest BCUT2D eigenvalue weighted by atomic mass is 32.2. The fourth-order valence-corrected chi connectivity index (χ4v) is 6.02. The van der Waals surface area contributed by atoms with Crippen LogP contribution in [0.15, 0.2) is 58.3 Å². The summed E-state index contributed by atoms with van der Waals surface area (Å²) in [7, 11) is -6.23. The molecule has 2 aromatic carbocycles. The number of rotatable bonds is 8. The van der Waals surface area contributed by atoms with Gasteiger partial charge in [0.2, 0.25) is 23.5 Å². The van der Waals surface area contributed by atoms with E-state index in [0.717, 1.165) is 0 Å².